The Hall–Kier alpha value is -1.71. The van der Waals surface area contributed by atoms with E-state index in [4.69, 9.17) is 5.73 Å². The first-order valence-electron chi connectivity index (χ1n) is 6.53. The SMILES string of the molecule is NCc1cccc(CN2Cc3ccccc3C2)c1F. The number of nitrogens with zero attached hydrogens (tertiary/aromatic N) is 1. The molecule has 1 aliphatic rings. The van der Waals surface area contributed by atoms with E-state index >= 15 is 0 Å². The van der Waals surface area contributed by atoms with Crippen molar-refractivity contribution in [1.29, 1.82) is 0 Å². The van der Waals surface area contributed by atoms with Crippen molar-refractivity contribution in [3.8, 4) is 0 Å². The first-order chi connectivity index (χ1) is 9.28. The van der Waals surface area contributed by atoms with E-state index in [2.05, 4.69) is 29.2 Å². The molecule has 0 aliphatic carbocycles. The van der Waals surface area contributed by atoms with E-state index in [0.29, 0.717) is 12.1 Å². The van der Waals surface area contributed by atoms with Crippen molar-refractivity contribution in [1.82, 2.24) is 4.90 Å². The molecule has 0 radical (unpaired) electrons. The molecule has 2 nitrogen and oxygen atoms in total. The molecule has 0 aromatic heterocycles. The summed E-state index contributed by atoms with van der Waals surface area (Å²) in [7, 11) is 0. The van der Waals surface area contributed by atoms with Crippen molar-refractivity contribution in [3.05, 3.63) is 70.5 Å². The molecule has 2 aromatic rings. The van der Waals surface area contributed by atoms with Crippen LogP contribution in [0.3, 0.4) is 0 Å². The molecule has 0 amide bonds. The summed E-state index contributed by atoms with van der Waals surface area (Å²) in [6.45, 7) is 2.67. The third kappa shape index (κ3) is 2.39. The number of benzene rings is 2. The van der Waals surface area contributed by atoms with Crippen molar-refractivity contribution >= 4 is 0 Å². The lowest BCUT2D eigenvalue weighted by atomic mass is 10.1. The molecule has 3 heteroatoms. The largest absolute Gasteiger partial charge is 0.326 e. The third-order valence-electron chi connectivity index (χ3n) is 3.68. The number of fused-ring (bicyclic) bond motifs is 1. The van der Waals surface area contributed by atoms with Gasteiger partial charge in [-0.05, 0) is 11.1 Å². The zero-order valence-electron chi connectivity index (χ0n) is 10.8. The lowest BCUT2D eigenvalue weighted by molar-refractivity contribution is 0.271. The van der Waals surface area contributed by atoms with Gasteiger partial charge in [-0.2, -0.15) is 0 Å². The molecule has 0 fully saturated rings. The molecule has 0 saturated heterocycles. The molecule has 19 heavy (non-hydrogen) atoms. The smallest absolute Gasteiger partial charge is 0.132 e. The average molecular weight is 256 g/mol. The number of hydrogen-bond donors (Lipinski definition) is 1. The van der Waals surface area contributed by atoms with Gasteiger partial charge in [-0.25, -0.2) is 4.39 Å². The average Bonchev–Trinajstić information content (AvgIpc) is 2.83. The van der Waals surface area contributed by atoms with Crippen molar-refractivity contribution in [2.45, 2.75) is 26.2 Å². The fourth-order valence-corrected chi connectivity index (χ4v) is 2.67. The summed E-state index contributed by atoms with van der Waals surface area (Å²) < 4.78 is 14.1. The zero-order valence-corrected chi connectivity index (χ0v) is 10.8. The van der Waals surface area contributed by atoms with Crippen LogP contribution in [0.25, 0.3) is 0 Å². The predicted molar refractivity (Wildman–Crippen MR) is 73.7 cm³/mol. The first kappa shape index (κ1) is 12.3. The highest BCUT2D eigenvalue weighted by atomic mass is 19.1. The second-order valence-electron chi connectivity index (χ2n) is 5.01. The van der Waals surface area contributed by atoms with Crippen LogP contribution < -0.4 is 5.73 Å². The van der Waals surface area contributed by atoms with E-state index in [1.54, 1.807) is 6.07 Å². The minimum absolute atomic E-state index is 0.152. The van der Waals surface area contributed by atoms with E-state index in [0.717, 1.165) is 18.7 Å². The predicted octanol–water partition coefficient (Wildman–Crippen LogP) is 2.80. The Labute approximate surface area is 112 Å². The monoisotopic (exact) mass is 256 g/mol. The Morgan fingerprint density at radius 2 is 1.58 bits per heavy atom. The van der Waals surface area contributed by atoms with E-state index in [1.165, 1.54) is 11.1 Å². The second-order valence-corrected chi connectivity index (χ2v) is 5.01. The van der Waals surface area contributed by atoms with Gasteiger partial charge in [-0.3, -0.25) is 4.90 Å². The molecule has 1 aliphatic heterocycles. The standard InChI is InChI=1S/C16H17FN2/c17-16-12(8-18)6-3-7-15(16)11-19-9-13-4-1-2-5-14(13)10-19/h1-7H,8-11,18H2. The third-order valence-corrected chi connectivity index (χ3v) is 3.68. The number of hydrogen-bond acceptors (Lipinski definition) is 2. The maximum atomic E-state index is 14.1. The van der Waals surface area contributed by atoms with Gasteiger partial charge in [0.25, 0.3) is 0 Å². The van der Waals surface area contributed by atoms with Crippen LogP contribution in [0.5, 0.6) is 0 Å². The van der Waals surface area contributed by atoms with Gasteiger partial charge in [0.15, 0.2) is 0 Å². The van der Waals surface area contributed by atoms with Gasteiger partial charge in [0.05, 0.1) is 0 Å². The van der Waals surface area contributed by atoms with Crippen molar-refractivity contribution < 1.29 is 4.39 Å². The molecule has 2 N–H and O–H groups in total. The van der Waals surface area contributed by atoms with Crippen LogP contribution in [0.4, 0.5) is 4.39 Å². The molecule has 1 heterocycles. The minimum atomic E-state index is -0.152. The summed E-state index contributed by atoms with van der Waals surface area (Å²) >= 11 is 0. The van der Waals surface area contributed by atoms with Gasteiger partial charge >= 0.3 is 0 Å². The number of rotatable bonds is 3. The molecule has 0 spiro atoms. The Morgan fingerprint density at radius 1 is 0.947 bits per heavy atom. The van der Waals surface area contributed by atoms with Crippen LogP contribution in [0, 0.1) is 5.82 Å². The van der Waals surface area contributed by atoms with Crippen molar-refractivity contribution in [2.24, 2.45) is 5.73 Å². The number of nitrogens with two attached hydrogens (primary N) is 1. The van der Waals surface area contributed by atoms with Crippen LogP contribution >= 0.6 is 0 Å². The lowest BCUT2D eigenvalue weighted by Gasteiger charge is -2.16. The topological polar surface area (TPSA) is 29.3 Å². The highest BCUT2D eigenvalue weighted by Gasteiger charge is 2.19. The van der Waals surface area contributed by atoms with Crippen molar-refractivity contribution in [3.63, 3.8) is 0 Å². The van der Waals surface area contributed by atoms with E-state index in [9.17, 15) is 4.39 Å². The summed E-state index contributed by atoms with van der Waals surface area (Å²) in [6.07, 6.45) is 0. The Kier molecular flexibility index (Phi) is 3.32. The zero-order chi connectivity index (χ0) is 13.2. The van der Waals surface area contributed by atoms with Gasteiger partial charge in [0.2, 0.25) is 0 Å². The molecule has 3 rings (SSSR count). The summed E-state index contributed by atoms with van der Waals surface area (Å²) in [5.41, 5.74) is 9.56. The maximum absolute atomic E-state index is 14.1. The second kappa shape index (κ2) is 5.11. The van der Waals surface area contributed by atoms with Crippen LogP contribution in [-0.2, 0) is 26.2 Å². The molecule has 2 aromatic carbocycles. The molecule has 98 valence electrons. The molecule has 0 unspecified atom stereocenters. The lowest BCUT2D eigenvalue weighted by Crippen LogP contribution is -2.17. The van der Waals surface area contributed by atoms with Crippen LogP contribution in [0.2, 0.25) is 0 Å². The van der Waals surface area contributed by atoms with Crippen LogP contribution in [0.1, 0.15) is 22.3 Å². The first-order valence-corrected chi connectivity index (χ1v) is 6.53. The van der Waals surface area contributed by atoms with Gasteiger partial charge < -0.3 is 5.73 Å². The highest BCUT2D eigenvalue weighted by molar-refractivity contribution is 5.31. The van der Waals surface area contributed by atoms with Crippen LogP contribution in [0.15, 0.2) is 42.5 Å². The van der Waals surface area contributed by atoms with E-state index < -0.39 is 0 Å². The Balaban J connectivity index is 1.78. The summed E-state index contributed by atoms with van der Waals surface area (Å²) in [6, 6.07) is 13.9. The molecule has 0 saturated carbocycles. The summed E-state index contributed by atoms with van der Waals surface area (Å²) in [5, 5.41) is 0. The summed E-state index contributed by atoms with van der Waals surface area (Å²) in [4.78, 5) is 2.25. The molecule has 0 atom stereocenters. The quantitative estimate of drug-likeness (QED) is 0.915. The summed E-state index contributed by atoms with van der Waals surface area (Å²) in [5.74, 6) is -0.152. The molecule has 0 bridgehead atoms. The van der Waals surface area contributed by atoms with E-state index in [-0.39, 0.29) is 12.4 Å². The normalized spacial score (nSPS) is 14.6. The van der Waals surface area contributed by atoms with E-state index in [1.807, 2.05) is 12.1 Å². The fourth-order valence-electron chi connectivity index (χ4n) is 2.67. The van der Waals surface area contributed by atoms with Gasteiger partial charge in [0.1, 0.15) is 5.82 Å². The molecular formula is C16H17FN2. The minimum Gasteiger partial charge on any atom is -0.326 e. The van der Waals surface area contributed by atoms with Gasteiger partial charge in [-0.1, -0.05) is 42.5 Å². The van der Waals surface area contributed by atoms with Gasteiger partial charge in [0, 0.05) is 37.3 Å². The maximum Gasteiger partial charge on any atom is 0.132 e. The van der Waals surface area contributed by atoms with Crippen molar-refractivity contribution in [2.75, 3.05) is 0 Å². The number of halogens is 1. The van der Waals surface area contributed by atoms with Crippen LogP contribution in [-0.4, -0.2) is 4.90 Å². The highest BCUT2D eigenvalue weighted by Crippen LogP contribution is 2.25. The molecular weight excluding hydrogens is 239 g/mol. The fraction of sp³-hybridized carbons (Fsp3) is 0.250. The van der Waals surface area contributed by atoms with Gasteiger partial charge in [-0.15, -0.1) is 0 Å². The Morgan fingerprint density at radius 3 is 2.21 bits per heavy atom. The Bertz CT molecular complexity index is 570.